The minimum atomic E-state index is -0.130. The zero-order valence-corrected chi connectivity index (χ0v) is 9.06. The van der Waals surface area contributed by atoms with E-state index in [4.69, 9.17) is 0 Å². The van der Waals surface area contributed by atoms with E-state index in [0.717, 1.165) is 6.42 Å². The highest BCUT2D eigenvalue weighted by Gasteiger charge is 2.20. The van der Waals surface area contributed by atoms with Gasteiger partial charge in [0.1, 0.15) is 0 Å². The van der Waals surface area contributed by atoms with Gasteiger partial charge in [-0.1, -0.05) is 53.4 Å². The van der Waals surface area contributed by atoms with Crippen LogP contribution < -0.4 is 0 Å². The van der Waals surface area contributed by atoms with E-state index in [1.807, 2.05) is 0 Å². The van der Waals surface area contributed by atoms with Gasteiger partial charge >= 0.3 is 0 Å². The van der Waals surface area contributed by atoms with Crippen LogP contribution in [0.25, 0.3) is 0 Å². The van der Waals surface area contributed by atoms with Gasteiger partial charge in [-0.3, -0.25) is 0 Å². The molecule has 1 nitrogen and oxygen atoms in total. The van der Waals surface area contributed by atoms with Crippen LogP contribution in [0.4, 0.5) is 0 Å². The van der Waals surface area contributed by atoms with Crippen molar-refractivity contribution in [1.29, 1.82) is 0 Å². The summed E-state index contributed by atoms with van der Waals surface area (Å²) in [5.41, 5.74) is 0.0617. The molecule has 0 aromatic carbocycles. The summed E-state index contributed by atoms with van der Waals surface area (Å²) in [4.78, 5) is 0. The lowest BCUT2D eigenvalue weighted by Gasteiger charge is -2.25. The Hall–Kier alpha value is -0.0400. The minimum Gasteiger partial charge on any atom is -0.393 e. The number of aliphatic hydroxyl groups excluding tert-OH is 1. The van der Waals surface area contributed by atoms with Crippen molar-refractivity contribution in [1.82, 2.24) is 0 Å². The molecule has 0 heterocycles. The van der Waals surface area contributed by atoms with Crippen molar-refractivity contribution in [3.05, 3.63) is 0 Å². The maximum atomic E-state index is 9.69. The number of unbranched alkanes of at least 4 members (excludes halogenated alkanes) is 3. The van der Waals surface area contributed by atoms with E-state index in [1.54, 1.807) is 0 Å². The van der Waals surface area contributed by atoms with Gasteiger partial charge in [0.25, 0.3) is 0 Å². The van der Waals surface area contributed by atoms with Gasteiger partial charge in [0, 0.05) is 0 Å². The van der Waals surface area contributed by atoms with Crippen LogP contribution in [-0.4, -0.2) is 11.2 Å². The van der Waals surface area contributed by atoms with Crippen LogP contribution >= 0.6 is 0 Å². The Bertz CT molecular complexity index is 102. The van der Waals surface area contributed by atoms with Crippen LogP contribution in [0.1, 0.15) is 59.8 Å². The van der Waals surface area contributed by atoms with Crippen molar-refractivity contribution in [2.75, 3.05) is 0 Å². The number of hydrogen-bond donors (Lipinski definition) is 1. The Morgan fingerprint density at radius 3 is 2.08 bits per heavy atom. The molecule has 0 aliphatic rings. The first-order valence-corrected chi connectivity index (χ1v) is 5.16. The summed E-state index contributed by atoms with van der Waals surface area (Å²) in [7, 11) is 0. The van der Waals surface area contributed by atoms with E-state index in [1.165, 1.54) is 25.7 Å². The molecule has 12 heavy (non-hydrogen) atoms. The van der Waals surface area contributed by atoms with Crippen LogP contribution in [0.5, 0.6) is 0 Å². The predicted molar refractivity (Wildman–Crippen MR) is 54.2 cm³/mol. The van der Waals surface area contributed by atoms with Crippen molar-refractivity contribution in [3.63, 3.8) is 0 Å². The molecule has 0 saturated heterocycles. The van der Waals surface area contributed by atoms with Gasteiger partial charge in [0.2, 0.25) is 0 Å². The highest BCUT2D eigenvalue weighted by atomic mass is 16.3. The zero-order chi connectivity index (χ0) is 9.61. The largest absolute Gasteiger partial charge is 0.393 e. The van der Waals surface area contributed by atoms with Crippen molar-refractivity contribution in [2.24, 2.45) is 5.41 Å². The van der Waals surface area contributed by atoms with Crippen LogP contribution in [0.15, 0.2) is 0 Å². The Labute approximate surface area is 77.2 Å². The molecule has 1 heteroatoms. The normalized spacial score (nSPS) is 14.8. The quantitative estimate of drug-likeness (QED) is 0.630. The molecule has 1 N–H and O–H groups in total. The van der Waals surface area contributed by atoms with Gasteiger partial charge in [0.15, 0.2) is 0 Å². The fraction of sp³-hybridized carbons (Fsp3) is 1.00. The average molecular weight is 172 g/mol. The van der Waals surface area contributed by atoms with Crippen molar-refractivity contribution in [3.8, 4) is 0 Å². The summed E-state index contributed by atoms with van der Waals surface area (Å²) in [6, 6.07) is 0. The van der Waals surface area contributed by atoms with Crippen molar-refractivity contribution >= 4 is 0 Å². The van der Waals surface area contributed by atoms with E-state index < -0.39 is 0 Å². The lowest BCUT2D eigenvalue weighted by atomic mass is 9.86. The van der Waals surface area contributed by atoms with Gasteiger partial charge in [0.05, 0.1) is 6.10 Å². The molecule has 1 atom stereocenters. The van der Waals surface area contributed by atoms with Crippen LogP contribution in [0.2, 0.25) is 0 Å². The van der Waals surface area contributed by atoms with E-state index in [9.17, 15) is 5.11 Å². The summed E-state index contributed by atoms with van der Waals surface area (Å²) in [5, 5.41) is 9.69. The number of rotatable bonds is 5. The molecular formula is C11H24O. The summed E-state index contributed by atoms with van der Waals surface area (Å²) in [5.74, 6) is 0. The van der Waals surface area contributed by atoms with Gasteiger partial charge in [-0.2, -0.15) is 0 Å². The Morgan fingerprint density at radius 1 is 1.08 bits per heavy atom. The highest BCUT2D eigenvalue weighted by molar-refractivity contribution is 4.72. The molecule has 0 radical (unpaired) electrons. The SMILES string of the molecule is CCCCCCC(O)C(C)(C)C. The van der Waals surface area contributed by atoms with Gasteiger partial charge in [-0.25, -0.2) is 0 Å². The molecule has 0 spiro atoms. The van der Waals surface area contributed by atoms with E-state index >= 15 is 0 Å². The molecule has 0 amide bonds. The summed E-state index contributed by atoms with van der Waals surface area (Å²) < 4.78 is 0. The molecule has 0 saturated carbocycles. The molecule has 0 aliphatic carbocycles. The third-order valence-corrected chi connectivity index (χ3v) is 2.33. The number of hydrogen-bond acceptors (Lipinski definition) is 1. The maximum Gasteiger partial charge on any atom is 0.0588 e. The van der Waals surface area contributed by atoms with E-state index in [2.05, 4.69) is 27.7 Å². The predicted octanol–water partition coefficient (Wildman–Crippen LogP) is 3.36. The maximum absolute atomic E-state index is 9.69. The molecular weight excluding hydrogens is 148 g/mol. The Kier molecular flexibility index (Phi) is 5.56. The molecule has 0 bridgehead atoms. The van der Waals surface area contributed by atoms with Crippen molar-refractivity contribution in [2.45, 2.75) is 65.9 Å². The third kappa shape index (κ3) is 5.59. The molecule has 0 rings (SSSR count). The lowest BCUT2D eigenvalue weighted by Crippen LogP contribution is -2.25. The molecule has 74 valence electrons. The Morgan fingerprint density at radius 2 is 1.67 bits per heavy atom. The second kappa shape index (κ2) is 5.58. The van der Waals surface area contributed by atoms with Crippen LogP contribution in [0, 0.1) is 5.41 Å². The van der Waals surface area contributed by atoms with Gasteiger partial charge in [-0.05, 0) is 11.8 Å². The smallest absolute Gasteiger partial charge is 0.0588 e. The van der Waals surface area contributed by atoms with E-state index in [-0.39, 0.29) is 11.5 Å². The average Bonchev–Trinajstić information content (AvgIpc) is 1.96. The second-order valence-corrected chi connectivity index (χ2v) is 4.73. The Balaban J connectivity index is 3.38. The van der Waals surface area contributed by atoms with Crippen LogP contribution in [-0.2, 0) is 0 Å². The van der Waals surface area contributed by atoms with E-state index in [0.29, 0.717) is 0 Å². The third-order valence-electron chi connectivity index (χ3n) is 2.33. The lowest BCUT2D eigenvalue weighted by molar-refractivity contribution is 0.0534. The molecule has 0 aliphatic heterocycles. The highest BCUT2D eigenvalue weighted by Crippen LogP contribution is 2.23. The fourth-order valence-corrected chi connectivity index (χ4v) is 1.20. The standard InChI is InChI=1S/C11H24O/c1-5-6-7-8-9-10(12)11(2,3)4/h10,12H,5-9H2,1-4H3. The van der Waals surface area contributed by atoms with Gasteiger partial charge in [-0.15, -0.1) is 0 Å². The molecule has 0 fully saturated rings. The summed E-state index contributed by atoms with van der Waals surface area (Å²) in [6.45, 7) is 8.49. The summed E-state index contributed by atoms with van der Waals surface area (Å²) >= 11 is 0. The first kappa shape index (κ1) is 12.0. The van der Waals surface area contributed by atoms with Crippen LogP contribution in [0.3, 0.4) is 0 Å². The summed E-state index contributed by atoms with van der Waals surface area (Å²) in [6.07, 6.45) is 5.84. The number of aliphatic hydroxyl groups is 1. The second-order valence-electron chi connectivity index (χ2n) is 4.73. The topological polar surface area (TPSA) is 20.2 Å². The zero-order valence-electron chi connectivity index (χ0n) is 9.06. The fourth-order valence-electron chi connectivity index (χ4n) is 1.20. The first-order valence-electron chi connectivity index (χ1n) is 5.16. The van der Waals surface area contributed by atoms with Crippen molar-refractivity contribution < 1.29 is 5.11 Å². The molecule has 0 aromatic heterocycles. The molecule has 0 aromatic rings. The minimum absolute atomic E-state index is 0.0617. The molecule has 1 unspecified atom stereocenters. The van der Waals surface area contributed by atoms with Gasteiger partial charge < -0.3 is 5.11 Å². The first-order chi connectivity index (χ1) is 5.48. The monoisotopic (exact) mass is 172 g/mol.